The minimum Gasteiger partial charge on any atom is -0.465 e. The van der Waals surface area contributed by atoms with E-state index in [0.29, 0.717) is 38.0 Å². The van der Waals surface area contributed by atoms with E-state index in [1.54, 1.807) is 24.3 Å². The van der Waals surface area contributed by atoms with Gasteiger partial charge in [0.25, 0.3) is 5.69 Å². The number of nitrogens with zero attached hydrogens (tertiary/aromatic N) is 3. The molecule has 2 aliphatic rings. The molecule has 0 atom stereocenters. The van der Waals surface area contributed by atoms with Crippen LogP contribution < -0.4 is 9.80 Å². The SMILES string of the molecule is COC(=O)c1ccccc1C(=O)c1ccc(N2CCC(N3C(=O)CCc4ccccc43)CC2)c([N+](=O)[O-])c1. The monoisotopic (exact) mass is 513 g/mol. The van der Waals surface area contributed by atoms with Crippen LogP contribution in [0.15, 0.2) is 66.7 Å². The van der Waals surface area contributed by atoms with Crippen LogP contribution in [0.5, 0.6) is 0 Å². The van der Waals surface area contributed by atoms with Gasteiger partial charge in [-0.3, -0.25) is 19.7 Å². The molecular weight excluding hydrogens is 486 g/mol. The van der Waals surface area contributed by atoms with Gasteiger partial charge in [-0.05, 0) is 49.1 Å². The number of piperidine rings is 1. The Hall–Kier alpha value is -4.53. The topological polar surface area (TPSA) is 110 Å². The first-order valence-electron chi connectivity index (χ1n) is 12.5. The predicted octanol–water partition coefficient (Wildman–Crippen LogP) is 4.56. The number of carbonyl (C=O) groups is 3. The summed E-state index contributed by atoms with van der Waals surface area (Å²) >= 11 is 0. The maximum Gasteiger partial charge on any atom is 0.338 e. The van der Waals surface area contributed by atoms with Crippen LogP contribution in [0.1, 0.15) is 51.1 Å². The van der Waals surface area contributed by atoms with Gasteiger partial charge >= 0.3 is 5.97 Å². The standard InChI is InChI=1S/C29H27N3O6/c1-38-29(35)23-8-4-3-7-22(23)28(34)20-10-12-25(26(18-20)32(36)37)30-16-14-21(15-17-30)31-24-9-5-2-6-19(24)11-13-27(31)33/h2-10,12,18,21H,11,13-17H2,1H3. The fourth-order valence-electron chi connectivity index (χ4n) is 5.42. The normalized spacial score (nSPS) is 15.7. The first kappa shape index (κ1) is 25.1. The largest absolute Gasteiger partial charge is 0.465 e. The van der Waals surface area contributed by atoms with Gasteiger partial charge in [0, 0.05) is 48.4 Å². The first-order valence-corrected chi connectivity index (χ1v) is 12.5. The number of fused-ring (bicyclic) bond motifs is 1. The molecule has 3 aromatic rings. The van der Waals surface area contributed by atoms with E-state index in [9.17, 15) is 24.5 Å². The van der Waals surface area contributed by atoms with E-state index in [-0.39, 0.29) is 34.3 Å². The van der Waals surface area contributed by atoms with Crippen molar-refractivity contribution in [1.29, 1.82) is 0 Å². The zero-order chi connectivity index (χ0) is 26.8. The van der Waals surface area contributed by atoms with Gasteiger partial charge in [-0.25, -0.2) is 4.79 Å². The number of carbonyl (C=O) groups excluding carboxylic acids is 3. The summed E-state index contributed by atoms with van der Waals surface area (Å²) in [5.41, 5.74) is 2.71. The molecule has 0 aliphatic carbocycles. The van der Waals surface area contributed by atoms with Gasteiger partial charge in [0.2, 0.25) is 5.91 Å². The number of anilines is 2. The van der Waals surface area contributed by atoms with Crippen LogP contribution in [-0.2, 0) is 16.0 Å². The second-order valence-corrected chi connectivity index (χ2v) is 9.44. The second kappa shape index (κ2) is 10.5. The third-order valence-electron chi connectivity index (χ3n) is 7.31. The maximum absolute atomic E-state index is 13.2. The quantitative estimate of drug-likeness (QED) is 0.206. The summed E-state index contributed by atoms with van der Waals surface area (Å²) in [6.07, 6.45) is 2.57. The van der Waals surface area contributed by atoms with Crippen molar-refractivity contribution in [2.75, 3.05) is 30.0 Å². The summed E-state index contributed by atoms with van der Waals surface area (Å²) < 4.78 is 4.77. The van der Waals surface area contributed by atoms with E-state index >= 15 is 0 Å². The molecule has 38 heavy (non-hydrogen) atoms. The first-order chi connectivity index (χ1) is 18.4. The van der Waals surface area contributed by atoms with Crippen LogP contribution in [-0.4, -0.2) is 48.8 Å². The van der Waals surface area contributed by atoms with E-state index in [0.717, 1.165) is 12.1 Å². The smallest absolute Gasteiger partial charge is 0.338 e. The van der Waals surface area contributed by atoms with Gasteiger partial charge in [-0.1, -0.05) is 36.4 Å². The Morgan fingerprint density at radius 1 is 0.921 bits per heavy atom. The summed E-state index contributed by atoms with van der Waals surface area (Å²) in [4.78, 5) is 53.5. The number of benzene rings is 3. The van der Waals surface area contributed by atoms with E-state index in [2.05, 4.69) is 6.07 Å². The molecule has 0 unspecified atom stereocenters. The highest BCUT2D eigenvalue weighted by atomic mass is 16.6. The van der Waals surface area contributed by atoms with Crippen LogP contribution >= 0.6 is 0 Å². The second-order valence-electron chi connectivity index (χ2n) is 9.44. The van der Waals surface area contributed by atoms with Crippen molar-refractivity contribution in [3.8, 4) is 0 Å². The number of hydrogen-bond donors (Lipinski definition) is 0. The number of ether oxygens (including phenoxy) is 1. The lowest BCUT2D eigenvalue weighted by Gasteiger charge is -2.41. The number of hydrogen-bond acceptors (Lipinski definition) is 7. The average molecular weight is 514 g/mol. The molecule has 3 aromatic carbocycles. The minimum atomic E-state index is -0.655. The summed E-state index contributed by atoms with van der Waals surface area (Å²) in [7, 11) is 1.23. The Kier molecular flexibility index (Phi) is 6.91. The Morgan fingerprint density at radius 3 is 2.32 bits per heavy atom. The van der Waals surface area contributed by atoms with Crippen molar-refractivity contribution >= 4 is 34.7 Å². The van der Waals surface area contributed by atoms with E-state index in [4.69, 9.17) is 4.74 Å². The van der Waals surface area contributed by atoms with Crippen LogP contribution in [0.25, 0.3) is 0 Å². The number of para-hydroxylation sites is 1. The molecule has 1 amide bonds. The highest BCUT2D eigenvalue weighted by molar-refractivity contribution is 6.15. The van der Waals surface area contributed by atoms with Crippen molar-refractivity contribution in [2.24, 2.45) is 0 Å². The Balaban J connectivity index is 1.37. The molecular formula is C29H27N3O6. The van der Waals surface area contributed by atoms with E-state index in [1.165, 1.54) is 30.9 Å². The van der Waals surface area contributed by atoms with Crippen molar-refractivity contribution in [3.05, 3.63) is 99.1 Å². The molecule has 0 radical (unpaired) electrons. The molecule has 194 valence electrons. The van der Waals surface area contributed by atoms with Gasteiger partial charge in [-0.2, -0.15) is 0 Å². The number of ketones is 1. The molecule has 5 rings (SSSR count). The Bertz CT molecular complexity index is 1430. The van der Waals surface area contributed by atoms with Crippen molar-refractivity contribution in [2.45, 2.75) is 31.7 Å². The zero-order valence-corrected chi connectivity index (χ0v) is 21.0. The number of nitro groups is 1. The molecule has 2 aliphatic heterocycles. The van der Waals surface area contributed by atoms with Gasteiger partial charge in [-0.15, -0.1) is 0 Å². The maximum atomic E-state index is 13.2. The molecule has 9 nitrogen and oxygen atoms in total. The van der Waals surface area contributed by atoms with Gasteiger partial charge in [0.15, 0.2) is 5.78 Å². The average Bonchev–Trinajstić information content (AvgIpc) is 2.96. The fraction of sp³-hybridized carbons (Fsp3) is 0.276. The minimum absolute atomic E-state index is 0.0231. The summed E-state index contributed by atoms with van der Waals surface area (Å²) in [6, 6.07) is 18.6. The van der Waals surface area contributed by atoms with Gasteiger partial charge in [0.1, 0.15) is 5.69 Å². The van der Waals surface area contributed by atoms with E-state index in [1.807, 2.05) is 28.0 Å². The van der Waals surface area contributed by atoms with Crippen LogP contribution in [0.2, 0.25) is 0 Å². The highest BCUT2D eigenvalue weighted by Crippen LogP contribution is 2.36. The van der Waals surface area contributed by atoms with Crippen molar-refractivity contribution in [3.63, 3.8) is 0 Å². The third-order valence-corrected chi connectivity index (χ3v) is 7.31. The number of rotatable bonds is 6. The number of esters is 1. The Morgan fingerprint density at radius 2 is 1.61 bits per heavy atom. The summed E-state index contributed by atoms with van der Waals surface area (Å²) in [5.74, 6) is -1.04. The predicted molar refractivity (Wildman–Crippen MR) is 142 cm³/mol. The molecule has 1 saturated heterocycles. The molecule has 0 N–H and O–H groups in total. The third kappa shape index (κ3) is 4.63. The summed E-state index contributed by atoms with van der Waals surface area (Å²) in [6.45, 7) is 1.08. The number of amides is 1. The van der Waals surface area contributed by atoms with E-state index < -0.39 is 16.7 Å². The van der Waals surface area contributed by atoms with Gasteiger partial charge in [0.05, 0.1) is 17.6 Å². The lowest BCUT2D eigenvalue weighted by molar-refractivity contribution is -0.384. The van der Waals surface area contributed by atoms with Crippen LogP contribution in [0, 0.1) is 10.1 Å². The molecule has 2 heterocycles. The molecule has 0 spiro atoms. The molecule has 0 saturated carbocycles. The number of nitro benzene ring substituents is 1. The van der Waals surface area contributed by atoms with Crippen LogP contribution in [0.3, 0.4) is 0 Å². The molecule has 1 fully saturated rings. The fourth-order valence-corrected chi connectivity index (χ4v) is 5.42. The van der Waals surface area contributed by atoms with Crippen LogP contribution in [0.4, 0.5) is 17.1 Å². The number of aryl methyl sites for hydroxylation is 1. The van der Waals surface area contributed by atoms with Crippen molar-refractivity contribution < 1.29 is 24.0 Å². The lowest BCUT2D eigenvalue weighted by atomic mass is 9.94. The Labute approximate surface area is 219 Å². The summed E-state index contributed by atoms with van der Waals surface area (Å²) in [5, 5.41) is 12.0. The molecule has 0 aromatic heterocycles. The highest BCUT2D eigenvalue weighted by Gasteiger charge is 2.34. The lowest BCUT2D eigenvalue weighted by Crippen LogP contribution is -2.49. The molecule has 9 heteroatoms. The van der Waals surface area contributed by atoms with Gasteiger partial charge < -0.3 is 14.5 Å². The van der Waals surface area contributed by atoms with Crippen molar-refractivity contribution in [1.82, 2.24) is 0 Å². The zero-order valence-electron chi connectivity index (χ0n) is 21.0. The number of methoxy groups -OCH3 is 1. The molecule has 0 bridgehead atoms.